The minimum absolute atomic E-state index is 0.0590. The quantitative estimate of drug-likeness (QED) is 0.609. The van der Waals surface area contributed by atoms with Crippen LogP contribution >= 0.6 is 0 Å². The number of nitrogens with one attached hydrogen (secondary N) is 1. The zero-order chi connectivity index (χ0) is 22.0. The summed E-state index contributed by atoms with van der Waals surface area (Å²) in [6.07, 6.45) is 1.29. The van der Waals surface area contributed by atoms with E-state index in [0.29, 0.717) is 6.42 Å². The standard InChI is InChI=1S/C25H24N2O3S/c1-25(2)13-19-22-18-6-4-3-5-15(18)9-12-20(22)27-24(23(19)21(28)14-25)16-7-10-17(11-8-16)31(26,29)30/h3-12,24,27H,13-14H2,1-2H3,(H2,26,29,30). The maximum absolute atomic E-state index is 13.4. The Labute approximate surface area is 182 Å². The van der Waals surface area contributed by atoms with Crippen LogP contribution in [0.3, 0.4) is 0 Å². The highest BCUT2D eigenvalue weighted by atomic mass is 32.2. The highest BCUT2D eigenvalue weighted by molar-refractivity contribution is 7.89. The van der Waals surface area contributed by atoms with Gasteiger partial charge in [0.2, 0.25) is 10.0 Å². The van der Waals surface area contributed by atoms with Gasteiger partial charge in [0, 0.05) is 23.2 Å². The summed E-state index contributed by atoms with van der Waals surface area (Å²) in [5.74, 6) is 0.137. The second kappa shape index (κ2) is 6.77. The number of Topliss-reactive ketones (excluding diaryl/α,β-unsaturated/α-hetero) is 1. The van der Waals surface area contributed by atoms with Crippen molar-refractivity contribution in [3.63, 3.8) is 0 Å². The molecule has 1 aliphatic carbocycles. The molecule has 5 nitrogen and oxygen atoms in total. The largest absolute Gasteiger partial charge is 0.373 e. The summed E-state index contributed by atoms with van der Waals surface area (Å²) in [4.78, 5) is 13.4. The van der Waals surface area contributed by atoms with Crippen LogP contribution in [0.4, 0.5) is 5.69 Å². The van der Waals surface area contributed by atoms with Crippen molar-refractivity contribution in [2.75, 3.05) is 5.32 Å². The number of sulfonamides is 1. The lowest BCUT2D eigenvalue weighted by Gasteiger charge is -2.40. The summed E-state index contributed by atoms with van der Waals surface area (Å²) in [5, 5.41) is 11.1. The third-order valence-corrected chi connectivity index (χ3v) is 7.21. The van der Waals surface area contributed by atoms with E-state index in [0.717, 1.165) is 45.2 Å². The maximum Gasteiger partial charge on any atom is 0.238 e. The molecule has 1 aliphatic heterocycles. The molecule has 0 fully saturated rings. The molecule has 1 unspecified atom stereocenters. The molecule has 3 aromatic rings. The minimum Gasteiger partial charge on any atom is -0.373 e. The molecular formula is C25H24N2O3S. The van der Waals surface area contributed by atoms with E-state index in [1.54, 1.807) is 12.1 Å². The topological polar surface area (TPSA) is 89.3 Å². The molecule has 3 N–H and O–H groups in total. The molecule has 0 saturated carbocycles. The zero-order valence-electron chi connectivity index (χ0n) is 17.5. The number of hydrogen-bond acceptors (Lipinski definition) is 4. The Kier molecular flexibility index (Phi) is 4.36. The van der Waals surface area contributed by atoms with Gasteiger partial charge in [-0.3, -0.25) is 4.79 Å². The van der Waals surface area contributed by atoms with E-state index in [9.17, 15) is 13.2 Å². The van der Waals surface area contributed by atoms with Crippen LogP contribution in [-0.4, -0.2) is 14.2 Å². The van der Waals surface area contributed by atoms with Crippen LogP contribution in [0, 0.1) is 5.41 Å². The molecule has 0 saturated heterocycles. The second-order valence-electron chi connectivity index (χ2n) is 9.23. The predicted molar refractivity (Wildman–Crippen MR) is 123 cm³/mol. The van der Waals surface area contributed by atoms with Gasteiger partial charge in [-0.05, 0) is 51.9 Å². The molecule has 31 heavy (non-hydrogen) atoms. The first-order valence-corrected chi connectivity index (χ1v) is 11.9. The van der Waals surface area contributed by atoms with Gasteiger partial charge in [-0.2, -0.15) is 0 Å². The molecule has 1 atom stereocenters. The number of anilines is 1. The number of ketones is 1. The van der Waals surface area contributed by atoms with Crippen LogP contribution in [0.25, 0.3) is 16.3 Å². The number of primary sulfonamides is 1. The lowest BCUT2D eigenvalue weighted by Crippen LogP contribution is -2.33. The lowest BCUT2D eigenvalue weighted by atomic mass is 9.68. The van der Waals surface area contributed by atoms with Crippen LogP contribution in [0.1, 0.15) is 43.9 Å². The van der Waals surface area contributed by atoms with Crippen molar-refractivity contribution in [2.45, 2.75) is 37.6 Å². The lowest BCUT2D eigenvalue weighted by molar-refractivity contribution is -0.118. The number of hydrogen-bond donors (Lipinski definition) is 2. The van der Waals surface area contributed by atoms with Crippen molar-refractivity contribution in [3.05, 3.63) is 77.4 Å². The van der Waals surface area contributed by atoms with Gasteiger partial charge in [-0.15, -0.1) is 0 Å². The monoisotopic (exact) mass is 432 g/mol. The smallest absolute Gasteiger partial charge is 0.238 e. The van der Waals surface area contributed by atoms with E-state index in [2.05, 4.69) is 43.4 Å². The molecule has 5 rings (SSSR count). The molecule has 2 aliphatic rings. The summed E-state index contributed by atoms with van der Waals surface area (Å²) < 4.78 is 23.3. The molecule has 0 amide bonds. The van der Waals surface area contributed by atoms with Crippen molar-refractivity contribution in [3.8, 4) is 0 Å². The Morgan fingerprint density at radius 1 is 0.968 bits per heavy atom. The Balaban J connectivity index is 1.74. The van der Waals surface area contributed by atoms with Crippen molar-refractivity contribution < 1.29 is 13.2 Å². The first kappa shape index (κ1) is 20.0. The SMILES string of the molecule is CC1(C)CC(=O)C2=C(C1)c1c(ccc3ccccc13)NC2c1ccc(S(N)(=O)=O)cc1. The van der Waals surface area contributed by atoms with Gasteiger partial charge in [-0.1, -0.05) is 56.3 Å². The summed E-state index contributed by atoms with van der Waals surface area (Å²) in [7, 11) is -3.77. The molecule has 0 spiro atoms. The Bertz CT molecular complexity index is 1370. The summed E-state index contributed by atoms with van der Waals surface area (Å²) in [6, 6.07) is 18.5. The Morgan fingerprint density at radius 3 is 2.39 bits per heavy atom. The van der Waals surface area contributed by atoms with Crippen molar-refractivity contribution >= 4 is 37.8 Å². The van der Waals surface area contributed by atoms with Gasteiger partial charge in [0.1, 0.15) is 0 Å². The predicted octanol–water partition coefficient (Wildman–Crippen LogP) is 4.80. The third-order valence-electron chi connectivity index (χ3n) is 6.28. The number of benzene rings is 3. The van der Waals surface area contributed by atoms with Gasteiger partial charge in [0.15, 0.2) is 5.78 Å². The molecule has 3 aromatic carbocycles. The number of carbonyl (C=O) groups excluding carboxylic acids is 1. The Morgan fingerprint density at radius 2 is 1.68 bits per heavy atom. The van der Waals surface area contributed by atoms with Gasteiger partial charge < -0.3 is 5.32 Å². The van der Waals surface area contributed by atoms with E-state index in [1.807, 2.05) is 12.1 Å². The average Bonchev–Trinajstić information content (AvgIpc) is 2.71. The first-order chi connectivity index (χ1) is 14.6. The number of carbonyl (C=O) groups is 1. The van der Waals surface area contributed by atoms with Crippen molar-refractivity contribution in [1.82, 2.24) is 0 Å². The molecular weight excluding hydrogens is 408 g/mol. The van der Waals surface area contributed by atoms with Crippen molar-refractivity contribution in [1.29, 1.82) is 0 Å². The van der Waals surface area contributed by atoms with Gasteiger partial charge >= 0.3 is 0 Å². The maximum atomic E-state index is 13.4. The Hall–Kier alpha value is -2.96. The minimum atomic E-state index is -3.77. The summed E-state index contributed by atoms with van der Waals surface area (Å²) in [6.45, 7) is 4.27. The van der Waals surface area contributed by atoms with Crippen LogP contribution in [0.5, 0.6) is 0 Å². The van der Waals surface area contributed by atoms with Crippen LogP contribution in [-0.2, 0) is 14.8 Å². The van der Waals surface area contributed by atoms with Gasteiger partial charge in [-0.25, -0.2) is 13.6 Å². The number of fused-ring (bicyclic) bond motifs is 4. The third kappa shape index (κ3) is 3.36. The number of allylic oxidation sites excluding steroid dienone is 1. The fourth-order valence-corrected chi connectivity index (χ4v) is 5.45. The van der Waals surface area contributed by atoms with Crippen molar-refractivity contribution in [2.24, 2.45) is 10.6 Å². The second-order valence-corrected chi connectivity index (χ2v) is 10.8. The molecule has 0 aromatic heterocycles. The highest BCUT2D eigenvalue weighted by Crippen LogP contribution is 2.51. The molecule has 1 heterocycles. The van der Waals surface area contributed by atoms with Crippen LogP contribution < -0.4 is 10.5 Å². The van der Waals surface area contributed by atoms with E-state index in [-0.39, 0.29) is 22.1 Å². The van der Waals surface area contributed by atoms with Gasteiger partial charge in [0.05, 0.1) is 10.9 Å². The fraction of sp³-hybridized carbons (Fsp3) is 0.240. The number of nitrogens with two attached hydrogens (primary N) is 1. The normalized spacial score (nSPS) is 20.2. The fourth-order valence-electron chi connectivity index (χ4n) is 4.94. The molecule has 158 valence electrons. The van der Waals surface area contributed by atoms with Gasteiger partial charge in [0.25, 0.3) is 0 Å². The summed E-state index contributed by atoms with van der Waals surface area (Å²) >= 11 is 0. The van der Waals surface area contributed by atoms with Crippen LogP contribution in [0.2, 0.25) is 0 Å². The molecule has 0 bridgehead atoms. The van der Waals surface area contributed by atoms with E-state index in [4.69, 9.17) is 5.14 Å². The summed E-state index contributed by atoms with van der Waals surface area (Å²) in [5.41, 5.74) is 4.68. The first-order valence-electron chi connectivity index (χ1n) is 10.3. The van der Waals surface area contributed by atoms with E-state index < -0.39 is 10.0 Å². The highest BCUT2D eigenvalue weighted by Gasteiger charge is 2.40. The molecule has 6 heteroatoms. The van der Waals surface area contributed by atoms with Crippen LogP contribution in [0.15, 0.2) is 71.1 Å². The zero-order valence-corrected chi connectivity index (χ0v) is 18.3. The van der Waals surface area contributed by atoms with E-state index in [1.165, 1.54) is 12.1 Å². The number of rotatable bonds is 2. The van der Waals surface area contributed by atoms with E-state index >= 15 is 0 Å². The average molecular weight is 433 g/mol. The molecule has 0 radical (unpaired) electrons.